The van der Waals surface area contributed by atoms with Gasteiger partial charge in [-0.25, -0.2) is 9.78 Å². The zero-order chi connectivity index (χ0) is 24.4. The number of benzene rings is 2. The lowest BCUT2D eigenvalue weighted by Crippen LogP contribution is -2.26. The number of pyridine rings is 1. The number of carbonyl (C=O) groups is 1. The summed E-state index contributed by atoms with van der Waals surface area (Å²) in [5, 5.41) is 0. The van der Waals surface area contributed by atoms with Gasteiger partial charge in [0.15, 0.2) is 5.75 Å². The number of methoxy groups -OCH3 is 1. The van der Waals surface area contributed by atoms with Crippen LogP contribution in [0.4, 0.5) is 0 Å². The molecule has 1 unspecified atom stereocenters. The first-order valence-corrected chi connectivity index (χ1v) is 11.0. The van der Waals surface area contributed by atoms with Gasteiger partial charge < -0.3 is 18.6 Å². The number of rotatable bonds is 6. The predicted octanol–water partition coefficient (Wildman–Crippen LogP) is 5.15. The van der Waals surface area contributed by atoms with E-state index in [4.69, 9.17) is 9.47 Å². The van der Waals surface area contributed by atoms with Crippen molar-refractivity contribution in [3.05, 3.63) is 106 Å². The number of hydrogen-bond donors (Lipinski definition) is 0. The van der Waals surface area contributed by atoms with Crippen molar-refractivity contribution in [2.24, 2.45) is 0 Å². The second-order valence-electron chi connectivity index (χ2n) is 8.36. The highest BCUT2D eigenvalue weighted by Gasteiger charge is 2.19. The maximum absolute atomic E-state index is 13.4. The van der Waals surface area contributed by atoms with Crippen LogP contribution in [-0.4, -0.2) is 27.2 Å². The zero-order valence-electron chi connectivity index (χ0n) is 19.9. The molecule has 0 fully saturated rings. The van der Waals surface area contributed by atoms with Crippen LogP contribution in [0, 0.1) is 20.8 Å². The predicted molar refractivity (Wildman–Crippen MR) is 130 cm³/mol. The summed E-state index contributed by atoms with van der Waals surface area (Å²) in [6, 6.07) is 14.6. The van der Waals surface area contributed by atoms with Crippen molar-refractivity contribution in [3.8, 4) is 17.2 Å². The highest BCUT2D eigenvalue weighted by Crippen LogP contribution is 2.26. The number of hydrogen-bond acceptors (Lipinski definition) is 5. The average molecular weight is 458 g/mol. The molecule has 4 rings (SSSR count). The van der Waals surface area contributed by atoms with E-state index < -0.39 is 5.97 Å². The van der Waals surface area contributed by atoms with Gasteiger partial charge in [0.05, 0.1) is 30.7 Å². The number of esters is 1. The molecule has 0 spiro atoms. The first-order chi connectivity index (χ1) is 16.3. The molecule has 0 aliphatic rings. The van der Waals surface area contributed by atoms with Crippen molar-refractivity contribution >= 4 is 5.97 Å². The summed E-state index contributed by atoms with van der Waals surface area (Å²) in [6.07, 6.45) is 5.21. The lowest BCUT2D eigenvalue weighted by Gasteiger charge is -2.18. The Bertz CT molecular complexity index is 1400. The van der Waals surface area contributed by atoms with Crippen molar-refractivity contribution in [2.45, 2.75) is 33.7 Å². The summed E-state index contributed by atoms with van der Waals surface area (Å²) in [6.45, 7) is 7.80. The molecule has 0 bridgehead atoms. The van der Waals surface area contributed by atoms with Crippen LogP contribution in [0.25, 0.3) is 5.69 Å². The van der Waals surface area contributed by atoms with E-state index in [1.807, 2.05) is 74.9 Å². The van der Waals surface area contributed by atoms with Gasteiger partial charge in [-0.15, -0.1) is 0 Å². The highest BCUT2D eigenvalue weighted by atomic mass is 16.5. The van der Waals surface area contributed by atoms with Crippen molar-refractivity contribution in [2.75, 3.05) is 7.11 Å². The van der Waals surface area contributed by atoms with E-state index in [9.17, 15) is 9.59 Å². The normalized spacial score (nSPS) is 11.8. The number of ether oxygens (including phenoxy) is 2. The third-order valence-corrected chi connectivity index (χ3v) is 5.79. The third-order valence-electron chi connectivity index (χ3n) is 5.79. The fraction of sp³-hybridized carbons (Fsp3) is 0.222. The highest BCUT2D eigenvalue weighted by molar-refractivity contribution is 5.89. The van der Waals surface area contributed by atoms with Crippen molar-refractivity contribution in [1.29, 1.82) is 0 Å². The van der Waals surface area contributed by atoms with Gasteiger partial charge in [-0.1, -0.05) is 29.8 Å². The molecule has 0 amide bonds. The Morgan fingerprint density at radius 1 is 1.00 bits per heavy atom. The Labute approximate surface area is 198 Å². The number of aromatic nitrogens is 3. The van der Waals surface area contributed by atoms with Crippen molar-refractivity contribution in [3.63, 3.8) is 0 Å². The molecule has 7 heteroatoms. The van der Waals surface area contributed by atoms with E-state index >= 15 is 0 Å². The topological polar surface area (TPSA) is 75.3 Å². The van der Waals surface area contributed by atoms with E-state index in [-0.39, 0.29) is 22.9 Å². The van der Waals surface area contributed by atoms with E-state index in [1.54, 1.807) is 12.4 Å². The molecule has 1 atom stereocenters. The van der Waals surface area contributed by atoms with Gasteiger partial charge in [0.2, 0.25) is 0 Å². The molecule has 0 saturated heterocycles. The fourth-order valence-electron chi connectivity index (χ4n) is 3.83. The van der Waals surface area contributed by atoms with Gasteiger partial charge in [-0.2, -0.15) is 0 Å². The van der Waals surface area contributed by atoms with Crippen LogP contribution in [0.1, 0.15) is 45.7 Å². The molecule has 0 N–H and O–H groups in total. The van der Waals surface area contributed by atoms with E-state index in [0.29, 0.717) is 5.75 Å². The molecule has 0 radical (unpaired) electrons. The van der Waals surface area contributed by atoms with Crippen LogP contribution < -0.4 is 10.3 Å². The Hall–Kier alpha value is -4.13. The summed E-state index contributed by atoms with van der Waals surface area (Å²) in [7, 11) is 1.31. The number of carbonyl (C=O) groups excluding carboxylic acids is 1. The fourth-order valence-corrected chi connectivity index (χ4v) is 3.83. The zero-order valence-corrected chi connectivity index (χ0v) is 19.9. The second kappa shape index (κ2) is 9.39. The monoisotopic (exact) mass is 457 g/mol. The van der Waals surface area contributed by atoms with Crippen molar-refractivity contribution in [1.82, 2.24) is 14.1 Å². The molecule has 2 aromatic heterocycles. The Morgan fingerprint density at radius 2 is 1.74 bits per heavy atom. The summed E-state index contributed by atoms with van der Waals surface area (Å²) in [5.41, 5.74) is 4.79. The average Bonchev–Trinajstić information content (AvgIpc) is 3.25. The number of imidazole rings is 1. The van der Waals surface area contributed by atoms with Crippen LogP contribution >= 0.6 is 0 Å². The van der Waals surface area contributed by atoms with Crippen molar-refractivity contribution < 1.29 is 14.3 Å². The van der Waals surface area contributed by atoms with E-state index in [1.165, 1.54) is 23.9 Å². The van der Waals surface area contributed by atoms with Crippen LogP contribution in [0.5, 0.6) is 11.5 Å². The lowest BCUT2D eigenvalue weighted by molar-refractivity contribution is 0.0599. The molecule has 174 valence electrons. The molecular weight excluding hydrogens is 430 g/mol. The van der Waals surface area contributed by atoms with E-state index in [0.717, 1.165) is 28.1 Å². The third kappa shape index (κ3) is 4.64. The molecular formula is C27H27N3O4. The SMILES string of the molecule is COC(=O)c1cc(Oc2ccc(-n3cnc(C)c3)c(C)c2)c(=O)n(C(C)c2ccc(C)cc2)c1. The smallest absolute Gasteiger partial charge is 0.339 e. The van der Waals surface area contributed by atoms with Gasteiger partial charge in [0.25, 0.3) is 5.56 Å². The quantitative estimate of drug-likeness (QED) is 0.375. The van der Waals surface area contributed by atoms with E-state index in [2.05, 4.69) is 4.98 Å². The summed E-state index contributed by atoms with van der Waals surface area (Å²) in [4.78, 5) is 30.0. The van der Waals surface area contributed by atoms with Gasteiger partial charge >= 0.3 is 5.97 Å². The van der Waals surface area contributed by atoms with Crippen LogP contribution in [0.3, 0.4) is 0 Å². The van der Waals surface area contributed by atoms with Crippen LogP contribution in [0.15, 0.2) is 72.0 Å². The van der Waals surface area contributed by atoms with Gasteiger partial charge in [0.1, 0.15) is 5.75 Å². The van der Waals surface area contributed by atoms with Crippen LogP contribution in [-0.2, 0) is 4.74 Å². The summed E-state index contributed by atoms with van der Waals surface area (Å²) in [5.74, 6) is -0.00376. The molecule has 0 aliphatic carbocycles. The lowest BCUT2D eigenvalue weighted by atomic mass is 10.1. The largest absolute Gasteiger partial charge is 0.465 e. The molecule has 7 nitrogen and oxygen atoms in total. The van der Waals surface area contributed by atoms with Crippen LogP contribution in [0.2, 0.25) is 0 Å². The molecule has 0 saturated carbocycles. The van der Waals surface area contributed by atoms with Gasteiger partial charge in [0, 0.05) is 24.1 Å². The Balaban J connectivity index is 1.73. The number of aryl methyl sites for hydroxylation is 3. The Kier molecular flexibility index (Phi) is 6.36. The molecule has 4 aromatic rings. The molecule has 2 heterocycles. The maximum atomic E-state index is 13.4. The first-order valence-electron chi connectivity index (χ1n) is 11.0. The van der Waals surface area contributed by atoms with Gasteiger partial charge in [-0.3, -0.25) is 4.79 Å². The maximum Gasteiger partial charge on any atom is 0.339 e. The minimum Gasteiger partial charge on any atom is -0.465 e. The standard InChI is InChI=1S/C27H27N3O4/c1-17-6-8-21(9-7-17)20(4)30-15-22(27(32)33-5)13-25(26(30)31)34-23-10-11-24(18(2)12-23)29-14-19(3)28-16-29/h6-16,20H,1-5H3. The molecule has 2 aromatic carbocycles. The minimum absolute atomic E-state index is 0.0486. The molecule has 0 aliphatic heterocycles. The minimum atomic E-state index is -0.545. The number of nitrogens with zero attached hydrogens (tertiary/aromatic N) is 3. The van der Waals surface area contributed by atoms with Gasteiger partial charge in [-0.05, 0) is 57.0 Å². The summed E-state index contributed by atoms with van der Waals surface area (Å²) >= 11 is 0. The summed E-state index contributed by atoms with van der Waals surface area (Å²) < 4.78 is 14.3. The second-order valence-corrected chi connectivity index (χ2v) is 8.36. The first kappa shape index (κ1) is 23.0. The Morgan fingerprint density at radius 3 is 2.35 bits per heavy atom. The molecule has 34 heavy (non-hydrogen) atoms.